The van der Waals surface area contributed by atoms with Crippen LogP contribution < -0.4 is 10.2 Å². The molecule has 14 heavy (non-hydrogen) atoms. The molecule has 3 nitrogen and oxygen atoms in total. The Hall–Kier alpha value is -0.995. The molecule has 2 N–H and O–H groups in total. The predicted octanol–water partition coefficient (Wildman–Crippen LogP) is 0.382. The Morgan fingerprint density at radius 3 is 2.43 bits per heavy atom. The highest BCUT2D eigenvalue weighted by atomic mass is 16.5. The molecule has 1 aromatic rings. The van der Waals surface area contributed by atoms with Gasteiger partial charge in [0.05, 0.1) is 6.61 Å². The van der Waals surface area contributed by atoms with E-state index in [0.29, 0.717) is 17.8 Å². The SMILES string of the molecule is CCOc1c(C)cc(C)cc1B(O)O. The first-order chi connectivity index (χ1) is 6.56. The van der Waals surface area contributed by atoms with Gasteiger partial charge in [0, 0.05) is 5.46 Å². The molecule has 0 radical (unpaired) electrons. The van der Waals surface area contributed by atoms with E-state index in [1.807, 2.05) is 26.8 Å². The van der Waals surface area contributed by atoms with E-state index in [9.17, 15) is 0 Å². The summed E-state index contributed by atoms with van der Waals surface area (Å²) in [5.74, 6) is 0.577. The number of hydrogen-bond acceptors (Lipinski definition) is 3. The van der Waals surface area contributed by atoms with Crippen LogP contribution in [0.1, 0.15) is 18.1 Å². The van der Waals surface area contributed by atoms with Gasteiger partial charge in [-0.2, -0.15) is 0 Å². The lowest BCUT2D eigenvalue weighted by atomic mass is 9.78. The van der Waals surface area contributed by atoms with Crippen LogP contribution in [0, 0.1) is 13.8 Å². The first-order valence-corrected chi connectivity index (χ1v) is 4.66. The maximum atomic E-state index is 9.16. The van der Waals surface area contributed by atoms with Crippen molar-refractivity contribution in [3.8, 4) is 5.75 Å². The molecular weight excluding hydrogens is 179 g/mol. The smallest absolute Gasteiger partial charge is 0.492 e. The van der Waals surface area contributed by atoms with Gasteiger partial charge in [-0.15, -0.1) is 0 Å². The van der Waals surface area contributed by atoms with E-state index in [4.69, 9.17) is 14.8 Å². The van der Waals surface area contributed by atoms with Crippen molar-refractivity contribution in [3.63, 3.8) is 0 Å². The van der Waals surface area contributed by atoms with Crippen LogP contribution in [0.15, 0.2) is 12.1 Å². The van der Waals surface area contributed by atoms with E-state index < -0.39 is 7.12 Å². The van der Waals surface area contributed by atoms with E-state index in [1.165, 1.54) is 0 Å². The highest BCUT2D eigenvalue weighted by Gasteiger charge is 2.19. The van der Waals surface area contributed by atoms with Crippen LogP contribution in [0.2, 0.25) is 0 Å². The van der Waals surface area contributed by atoms with E-state index in [1.54, 1.807) is 6.07 Å². The van der Waals surface area contributed by atoms with Gasteiger partial charge in [-0.1, -0.05) is 17.7 Å². The Morgan fingerprint density at radius 2 is 1.93 bits per heavy atom. The molecule has 0 aromatic heterocycles. The van der Waals surface area contributed by atoms with Gasteiger partial charge in [0.15, 0.2) is 0 Å². The zero-order valence-corrected chi connectivity index (χ0v) is 8.74. The molecule has 0 fully saturated rings. The molecular formula is C10H15BO3. The van der Waals surface area contributed by atoms with Gasteiger partial charge in [-0.25, -0.2) is 0 Å². The lowest BCUT2D eigenvalue weighted by Crippen LogP contribution is -2.32. The number of benzene rings is 1. The standard InChI is InChI=1S/C10H15BO3/c1-4-14-10-8(3)5-7(2)6-9(10)11(12)13/h5-6,12-13H,4H2,1-3H3. The normalized spacial score (nSPS) is 10.1. The third kappa shape index (κ3) is 2.27. The summed E-state index contributed by atoms with van der Waals surface area (Å²) in [6, 6.07) is 3.68. The van der Waals surface area contributed by atoms with Gasteiger partial charge in [-0.05, 0) is 26.3 Å². The maximum absolute atomic E-state index is 9.16. The summed E-state index contributed by atoms with van der Waals surface area (Å²) in [4.78, 5) is 0. The molecule has 1 rings (SSSR count). The summed E-state index contributed by atoms with van der Waals surface area (Å²) < 4.78 is 5.36. The third-order valence-corrected chi connectivity index (χ3v) is 2.01. The quantitative estimate of drug-likeness (QED) is 0.684. The minimum Gasteiger partial charge on any atom is -0.494 e. The van der Waals surface area contributed by atoms with Crippen molar-refractivity contribution >= 4 is 12.6 Å². The van der Waals surface area contributed by atoms with Crippen molar-refractivity contribution in [2.75, 3.05) is 6.61 Å². The highest BCUT2D eigenvalue weighted by molar-refractivity contribution is 6.59. The van der Waals surface area contributed by atoms with E-state index in [0.717, 1.165) is 11.1 Å². The van der Waals surface area contributed by atoms with E-state index in [-0.39, 0.29) is 0 Å². The molecule has 0 bridgehead atoms. The molecule has 0 saturated heterocycles. The fourth-order valence-electron chi connectivity index (χ4n) is 1.52. The Balaban J connectivity index is 3.21. The molecule has 76 valence electrons. The zero-order valence-electron chi connectivity index (χ0n) is 8.74. The molecule has 0 saturated carbocycles. The Morgan fingerprint density at radius 1 is 1.29 bits per heavy atom. The zero-order chi connectivity index (χ0) is 10.7. The molecule has 0 aliphatic heterocycles. The second-order valence-corrected chi connectivity index (χ2v) is 3.31. The average molecular weight is 194 g/mol. The van der Waals surface area contributed by atoms with Gasteiger partial charge < -0.3 is 14.8 Å². The number of rotatable bonds is 3. The molecule has 0 unspecified atom stereocenters. The number of ether oxygens (including phenoxy) is 1. The van der Waals surface area contributed by atoms with Gasteiger partial charge in [-0.3, -0.25) is 0 Å². The van der Waals surface area contributed by atoms with E-state index >= 15 is 0 Å². The van der Waals surface area contributed by atoms with Crippen LogP contribution in [-0.4, -0.2) is 23.8 Å². The van der Waals surface area contributed by atoms with Crippen molar-refractivity contribution in [2.24, 2.45) is 0 Å². The third-order valence-electron chi connectivity index (χ3n) is 2.01. The predicted molar refractivity (Wildman–Crippen MR) is 56.9 cm³/mol. The summed E-state index contributed by atoms with van der Waals surface area (Å²) in [6.07, 6.45) is 0. The molecule has 1 aromatic carbocycles. The Bertz CT molecular complexity index is 323. The van der Waals surface area contributed by atoms with Crippen LogP contribution in [0.4, 0.5) is 0 Å². The second kappa shape index (κ2) is 4.48. The van der Waals surface area contributed by atoms with Crippen molar-refractivity contribution in [1.82, 2.24) is 0 Å². The minimum atomic E-state index is -1.48. The molecule has 0 spiro atoms. The van der Waals surface area contributed by atoms with E-state index in [2.05, 4.69) is 0 Å². The summed E-state index contributed by atoms with van der Waals surface area (Å²) >= 11 is 0. The molecule has 0 atom stereocenters. The monoisotopic (exact) mass is 194 g/mol. The van der Waals surface area contributed by atoms with Crippen LogP contribution >= 0.6 is 0 Å². The largest absolute Gasteiger partial charge is 0.494 e. The molecule has 0 aliphatic carbocycles. The number of aryl methyl sites for hydroxylation is 2. The fraction of sp³-hybridized carbons (Fsp3) is 0.400. The first kappa shape index (κ1) is 11.1. The molecule has 0 aliphatic rings. The van der Waals surface area contributed by atoms with Crippen molar-refractivity contribution in [2.45, 2.75) is 20.8 Å². The summed E-state index contributed by atoms with van der Waals surface area (Å²) in [7, 11) is -1.48. The second-order valence-electron chi connectivity index (χ2n) is 3.31. The van der Waals surface area contributed by atoms with Gasteiger partial charge >= 0.3 is 7.12 Å². The molecule has 0 heterocycles. The Kier molecular flexibility index (Phi) is 3.55. The lowest BCUT2D eigenvalue weighted by Gasteiger charge is -2.13. The topological polar surface area (TPSA) is 49.7 Å². The minimum absolute atomic E-state index is 0.435. The van der Waals surface area contributed by atoms with Gasteiger partial charge in [0.2, 0.25) is 0 Å². The van der Waals surface area contributed by atoms with Crippen molar-refractivity contribution in [1.29, 1.82) is 0 Å². The van der Waals surface area contributed by atoms with Crippen molar-refractivity contribution < 1.29 is 14.8 Å². The fourth-order valence-corrected chi connectivity index (χ4v) is 1.52. The maximum Gasteiger partial charge on any atom is 0.492 e. The average Bonchev–Trinajstić information content (AvgIpc) is 2.09. The van der Waals surface area contributed by atoms with Gasteiger partial charge in [0.25, 0.3) is 0 Å². The summed E-state index contributed by atoms with van der Waals surface area (Å²) in [5.41, 5.74) is 2.35. The molecule has 0 amide bonds. The number of hydrogen-bond donors (Lipinski definition) is 2. The van der Waals surface area contributed by atoms with Gasteiger partial charge in [0.1, 0.15) is 5.75 Å². The van der Waals surface area contributed by atoms with Crippen LogP contribution in [0.25, 0.3) is 0 Å². The summed E-state index contributed by atoms with van der Waals surface area (Å²) in [5, 5.41) is 18.3. The van der Waals surface area contributed by atoms with Crippen molar-refractivity contribution in [3.05, 3.63) is 23.3 Å². The van der Waals surface area contributed by atoms with Crippen LogP contribution in [0.3, 0.4) is 0 Å². The summed E-state index contributed by atoms with van der Waals surface area (Å²) in [6.45, 7) is 6.19. The molecule has 4 heteroatoms. The lowest BCUT2D eigenvalue weighted by molar-refractivity contribution is 0.337. The van der Waals surface area contributed by atoms with Crippen LogP contribution in [-0.2, 0) is 0 Å². The Labute approximate surface area is 84.5 Å². The highest BCUT2D eigenvalue weighted by Crippen LogP contribution is 2.17. The first-order valence-electron chi connectivity index (χ1n) is 4.66. The van der Waals surface area contributed by atoms with Crippen LogP contribution in [0.5, 0.6) is 5.75 Å².